The van der Waals surface area contributed by atoms with Crippen LogP contribution in [-0.4, -0.2) is 35.0 Å². The number of nitrogens with one attached hydrogen (secondary N) is 1. The molecule has 0 saturated carbocycles. The van der Waals surface area contributed by atoms with Crippen molar-refractivity contribution in [3.63, 3.8) is 0 Å². The molecule has 1 N–H and O–H groups in total. The van der Waals surface area contributed by atoms with Gasteiger partial charge in [-0.05, 0) is 73.5 Å². The first-order chi connectivity index (χ1) is 13.5. The topological polar surface area (TPSA) is 75.5 Å². The van der Waals surface area contributed by atoms with E-state index in [-0.39, 0.29) is 29.9 Å². The van der Waals surface area contributed by atoms with Crippen molar-refractivity contribution in [2.75, 3.05) is 13.2 Å². The molecule has 1 aromatic carbocycles. The van der Waals surface area contributed by atoms with Gasteiger partial charge in [0.1, 0.15) is 0 Å². The first-order valence-electron chi connectivity index (χ1n) is 9.59. The van der Waals surface area contributed by atoms with E-state index in [9.17, 15) is 9.59 Å². The number of hydrogen-bond donors (Lipinski definition) is 1. The minimum Gasteiger partial charge on any atom is -0.459 e. The Bertz CT molecular complexity index is 1050. The van der Waals surface area contributed by atoms with E-state index in [1.165, 1.54) is 6.26 Å². The van der Waals surface area contributed by atoms with E-state index in [1.807, 2.05) is 26.0 Å². The lowest BCUT2D eigenvalue weighted by molar-refractivity contribution is 0.0483. The smallest absolute Gasteiger partial charge is 0.289 e. The number of nitrogens with zero attached hydrogens (tertiary/aromatic N) is 1. The Hall–Kier alpha value is -2.86. The number of aromatic amines is 1. The zero-order valence-electron chi connectivity index (χ0n) is 16.2. The predicted octanol–water partition coefficient (Wildman–Crippen LogP) is 3.56. The van der Waals surface area contributed by atoms with Crippen molar-refractivity contribution in [2.24, 2.45) is 0 Å². The van der Waals surface area contributed by atoms with Crippen LogP contribution < -0.4 is 5.56 Å². The second-order valence-corrected chi connectivity index (χ2v) is 7.45. The van der Waals surface area contributed by atoms with Gasteiger partial charge in [-0.3, -0.25) is 9.59 Å². The number of carbonyl (C=O) groups is 1. The lowest BCUT2D eigenvalue weighted by atomic mass is 10.0. The highest BCUT2D eigenvalue weighted by atomic mass is 16.5. The van der Waals surface area contributed by atoms with E-state index in [0.29, 0.717) is 18.7 Å². The molecule has 2 aromatic heterocycles. The monoisotopic (exact) mass is 380 g/mol. The first-order valence-corrected chi connectivity index (χ1v) is 9.59. The second-order valence-electron chi connectivity index (χ2n) is 7.45. The summed E-state index contributed by atoms with van der Waals surface area (Å²) in [5, 5.41) is 0.959. The van der Waals surface area contributed by atoms with Gasteiger partial charge in [-0.1, -0.05) is 0 Å². The van der Waals surface area contributed by atoms with Crippen molar-refractivity contribution in [2.45, 2.75) is 39.3 Å². The van der Waals surface area contributed by atoms with Gasteiger partial charge in [-0.2, -0.15) is 0 Å². The van der Waals surface area contributed by atoms with E-state index in [4.69, 9.17) is 9.15 Å². The number of aromatic nitrogens is 1. The molecule has 1 fully saturated rings. The third kappa shape index (κ3) is 3.73. The van der Waals surface area contributed by atoms with Crippen LogP contribution in [0.5, 0.6) is 0 Å². The number of aryl methyl sites for hydroxylation is 2. The lowest BCUT2D eigenvalue weighted by Gasteiger charge is -2.24. The van der Waals surface area contributed by atoms with Gasteiger partial charge in [0.25, 0.3) is 11.5 Å². The number of carbonyl (C=O) groups excluding carboxylic acids is 1. The maximum atomic E-state index is 12.9. The van der Waals surface area contributed by atoms with Crippen LogP contribution in [-0.2, 0) is 11.3 Å². The van der Waals surface area contributed by atoms with Gasteiger partial charge in [0.2, 0.25) is 0 Å². The summed E-state index contributed by atoms with van der Waals surface area (Å²) in [4.78, 5) is 30.2. The van der Waals surface area contributed by atoms with Crippen molar-refractivity contribution >= 4 is 16.8 Å². The third-order valence-corrected chi connectivity index (χ3v) is 5.36. The molecule has 0 unspecified atom stereocenters. The largest absolute Gasteiger partial charge is 0.459 e. The maximum absolute atomic E-state index is 12.9. The van der Waals surface area contributed by atoms with E-state index >= 15 is 0 Å². The number of pyridine rings is 1. The van der Waals surface area contributed by atoms with Crippen molar-refractivity contribution < 1.29 is 13.9 Å². The number of hydrogen-bond acceptors (Lipinski definition) is 4. The molecular weight excluding hydrogens is 356 g/mol. The fraction of sp³-hybridized carbons (Fsp3) is 0.364. The lowest BCUT2D eigenvalue weighted by Crippen LogP contribution is -2.38. The van der Waals surface area contributed by atoms with Crippen molar-refractivity contribution in [1.82, 2.24) is 9.88 Å². The van der Waals surface area contributed by atoms with E-state index in [1.54, 1.807) is 17.0 Å². The second kappa shape index (κ2) is 7.64. The molecule has 0 radical (unpaired) electrons. The number of fused-ring (bicyclic) bond motifs is 1. The summed E-state index contributed by atoms with van der Waals surface area (Å²) in [6, 6.07) is 9.24. The molecule has 6 nitrogen and oxygen atoms in total. The highest BCUT2D eigenvalue weighted by Crippen LogP contribution is 2.20. The number of amides is 1. The van der Waals surface area contributed by atoms with Crippen LogP contribution in [0.1, 0.15) is 40.1 Å². The maximum Gasteiger partial charge on any atom is 0.289 e. The Morgan fingerprint density at radius 2 is 2.07 bits per heavy atom. The Morgan fingerprint density at radius 1 is 1.25 bits per heavy atom. The van der Waals surface area contributed by atoms with Crippen LogP contribution in [0.2, 0.25) is 0 Å². The van der Waals surface area contributed by atoms with Crippen LogP contribution in [0.25, 0.3) is 10.9 Å². The van der Waals surface area contributed by atoms with Crippen molar-refractivity contribution in [3.05, 3.63) is 69.4 Å². The molecule has 28 heavy (non-hydrogen) atoms. The number of rotatable bonds is 5. The molecule has 3 aromatic rings. The van der Waals surface area contributed by atoms with E-state index in [0.717, 1.165) is 34.9 Å². The van der Waals surface area contributed by atoms with Gasteiger partial charge in [0.15, 0.2) is 5.76 Å². The Morgan fingerprint density at radius 3 is 2.79 bits per heavy atom. The summed E-state index contributed by atoms with van der Waals surface area (Å²) < 4.78 is 11.0. The average Bonchev–Trinajstić information content (AvgIpc) is 3.37. The number of benzene rings is 1. The Kier molecular flexibility index (Phi) is 5.05. The molecule has 1 saturated heterocycles. The van der Waals surface area contributed by atoms with Gasteiger partial charge in [0, 0.05) is 24.2 Å². The van der Waals surface area contributed by atoms with Crippen LogP contribution in [0.15, 0.2) is 45.8 Å². The zero-order chi connectivity index (χ0) is 19.7. The summed E-state index contributed by atoms with van der Waals surface area (Å²) in [5.74, 6) is 0.0294. The summed E-state index contributed by atoms with van der Waals surface area (Å²) in [6.45, 7) is 5.42. The van der Waals surface area contributed by atoms with Gasteiger partial charge >= 0.3 is 0 Å². The molecule has 1 aliphatic heterocycles. The summed E-state index contributed by atoms with van der Waals surface area (Å²) >= 11 is 0. The predicted molar refractivity (Wildman–Crippen MR) is 106 cm³/mol. The van der Waals surface area contributed by atoms with Crippen LogP contribution >= 0.6 is 0 Å². The highest BCUT2D eigenvalue weighted by molar-refractivity contribution is 5.91. The molecule has 6 heteroatoms. The first kappa shape index (κ1) is 18.5. The number of H-pyrrole nitrogens is 1. The SMILES string of the molecule is Cc1cc2cc(CN(C[C@H]3CCCO3)C(=O)c3ccco3)c(=O)[nH]c2cc1C. The van der Waals surface area contributed by atoms with E-state index < -0.39 is 0 Å². The van der Waals surface area contributed by atoms with Gasteiger partial charge in [-0.15, -0.1) is 0 Å². The average molecular weight is 380 g/mol. The fourth-order valence-corrected chi connectivity index (χ4v) is 3.65. The standard InChI is InChI=1S/C22H24N2O4/c1-14-9-16-11-17(21(25)23-19(16)10-15(14)2)12-24(13-18-5-3-7-27-18)22(26)20-6-4-8-28-20/h4,6,8-11,18H,3,5,7,12-13H2,1-2H3,(H,23,25)/t18-/m1/s1. The van der Waals surface area contributed by atoms with Gasteiger partial charge in [0.05, 0.1) is 18.9 Å². The zero-order valence-corrected chi connectivity index (χ0v) is 16.2. The summed E-state index contributed by atoms with van der Waals surface area (Å²) in [5.41, 5.74) is 3.46. The molecule has 4 rings (SSSR count). The van der Waals surface area contributed by atoms with Gasteiger partial charge < -0.3 is 19.0 Å². The number of ether oxygens (including phenoxy) is 1. The molecule has 1 amide bonds. The summed E-state index contributed by atoms with van der Waals surface area (Å²) in [6.07, 6.45) is 3.37. The van der Waals surface area contributed by atoms with Gasteiger partial charge in [-0.25, -0.2) is 0 Å². The van der Waals surface area contributed by atoms with Crippen molar-refractivity contribution in [3.8, 4) is 0 Å². The minimum atomic E-state index is -0.236. The molecule has 1 atom stereocenters. The Labute approximate surface area is 163 Å². The molecule has 1 aliphatic rings. The molecule has 0 bridgehead atoms. The normalized spacial score (nSPS) is 16.6. The van der Waals surface area contributed by atoms with Crippen LogP contribution in [0.3, 0.4) is 0 Å². The Balaban J connectivity index is 1.67. The third-order valence-electron chi connectivity index (χ3n) is 5.36. The van der Waals surface area contributed by atoms with Crippen LogP contribution in [0.4, 0.5) is 0 Å². The quantitative estimate of drug-likeness (QED) is 0.734. The number of furan rings is 1. The van der Waals surface area contributed by atoms with E-state index in [2.05, 4.69) is 11.1 Å². The minimum absolute atomic E-state index is 0.0108. The molecule has 0 aliphatic carbocycles. The summed E-state index contributed by atoms with van der Waals surface area (Å²) in [7, 11) is 0. The molecule has 146 valence electrons. The van der Waals surface area contributed by atoms with Crippen LogP contribution in [0, 0.1) is 13.8 Å². The molecule has 3 heterocycles. The fourth-order valence-electron chi connectivity index (χ4n) is 3.65. The highest BCUT2D eigenvalue weighted by Gasteiger charge is 2.25. The molecule has 0 spiro atoms. The van der Waals surface area contributed by atoms with Crippen molar-refractivity contribution in [1.29, 1.82) is 0 Å². The molecular formula is C22H24N2O4.